The van der Waals surface area contributed by atoms with Crippen molar-refractivity contribution in [2.24, 2.45) is 5.73 Å². The molecule has 0 aliphatic rings. The summed E-state index contributed by atoms with van der Waals surface area (Å²) in [5.41, 5.74) is 4.88. The predicted molar refractivity (Wildman–Crippen MR) is 60.0 cm³/mol. The predicted octanol–water partition coefficient (Wildman–Crippen LogP) is 1.81. The maximum atomic E-state index is 11.3. The highest BCUT2D eigenvalue weighted by Crippen LogP contribution is 2.14. The zero-order chi connectivity index (χ0) is 11.0. The van der Waals surface area contributed by atoms with E-state index in [2.05, 4.69) is 19.2 Å². The van der Waals surface area contributed by atoms with Gasteiger partial charge in [-0.05, 0) is 26.3 Å². The smallest absolute Gasteiger partial charge is 0.237 e. The summed E-state index contributed by atoms with van der Waals surface area (Å²) in [5.74, 6) is -0.234. The van der Waals surface area contributed by atoms with Gasteiger partial charge in [0, 0.05) is 0 Å². The summed E-state index contributed by atoms with van der Waals surface area (Å²) in [6.07, 6.45) is 5.26. The summed E-state index contributed by atoms with van der Waals surface area (Å²) in [5, 5.41) is 3.23. The number of hydrogen-bond acceptors (Lipinski definition) is 2. The quantitative estimate of drug-likeness (QED) is 0.587. The Morgan fingerprint density at radius 2 is 1.93 bits per heavy atom. The van der Waals surface area contributed by atoms with Gasteiger partial charge in [-0.3, -0.25) is 4.79 Å². The summed E-state index contributed by atoms with van der Waals surface area (Å²) < 4.78 is 0. The zero-order valence-electron chi connectivity index (χ0n) is 9.73. The lowest BCUT2D eigenvalue weighted by Crippen LogP contribution is -2.53. The molecule has 0 aliphatic carbocycles. The highest BCUT2D eigenvalue weighted by atomic mass is 16.1. The molecule has 0 bridgehead atoms. The summed E-state index contributed by atoms with van der Waals surface area (Å²) in [4.78, 5) is 11.3. The fourth-order valence-electron chi connectivity index (χ4n) is 1.43. The van der Waals surface area contributed by atoms with Crippen molar-refractivity contribution in [2.45, 2.75) is 58.4 Å². The maximum absolute atomic E-state index is 11.3. The molecular formula is C11H24N2O. The van der Waals surface area contributed by atoms with Crippen LogP contribution in [0.1, 0.15) is 52.9 Å². The Bertz CT molecular complexity index is 171. The van der Waals surface area contributed by atoms with Crippen molar-refractivity contribution < 1.29 is 4.79 Å². The van der Waals surface area contributed by atoms with Gasteiger partial charge in [0.15, 0.2) is 0 Å². The molecule has 3 heteroatoms. The Labute approximate surface area is 87.4 Å². The Kier molecular flexibility index (Phi) is 6.54. The van der Waals surface area contributed by atoms with E-state index in [4.69, 9.17) is 5.73 Å². The van der Waals surface area contributed by atoms with Gasteiger partial charge < -0.3 is 11.1 Å². The van der Waals surface area contributed by atoms with Crippen LogP contribution in [-0.4, -0.2) is 18.0 Å². The van der Waals surface area contributed by atoms with Crippen LogP contribution in [0.3, 0.4) is 0 Å². The average Bonchev–Trinajstić information content (AvgIpc) is 2.15. The van der Waals surface area contributed by atoms with Crippen molar-refractivity contribution in [1.29, 1.82) is 0 Å². The minimum Gasteiger partial charge on any atom is -0.368 e. The first kappa shape index (κ1) is 13.4. The molecule has 3 N–H and O–H groups in total. The van der Waals surface area contributed by atoms with Gasteiger partial charge in [-0.15, -0.1) is 0 Å². The topological polar surface area (TPSA) is 55.1 Å². The minimum atomic E-state index is -0.509. The average molecular weight is 200 g/mol. The second-order valence-corrected chi connectivity index (χ2v) is 4.08. The molecular weight excluding hydrogens is 176 g/mol. The molecule has 1 atom stereocenters. The van der Waals surface area contributed by atoms with E-state index >= 15 is 0 Å². The van der Waals surface area contributed by atoms with E-state index in [1.807, 2.05) is 6.92 Å². The first-order valence-electron chi connectivity index (χ1n) is 5.61. The molecule has 3 nitrogen and oxygen atoms in total. The van der Waals surface area contributed by atoms with E-state index in [9.17, 15) is 4.79 Å². The van der Waals surface area contributed by atoms with Gasteiger partial charge in [-0.25, -0.2) is 0 Å². The monoisotopic (exact) mass is 200 g/mol. The lowest BCUT2D eigenvalue weighted by Gasteiger charge is -2.27. The second-order valence-electron chi connectivity index (χ2n) is 4.08. The number of unbranched alkanes of at least 4 members (excludes halogenated alkanes) is 2. The van der Waals surface area contributed by atoms with Gasteiger partial charge in [0.25, 0.3) is 0 Å². The van der Waals surface area contributed by atoms with E-state index in [1.54, 1.807) is 0 Å². The molecule has 0 heterocycles. The number of nitrogens with two attached hydrogens (primary N) is 1. The van der Waals surface area contributed by atoms with Gasteiger partial charge in [-0.1, -0.05) is 33.1 Å². The van der Waals surface area contributed by atoms with E-state index in [0.717, 1.165) is 32.2 Å². The van der Waals surface area contributed by atoms with Crippen LogP contribution < -0.4 is 11.1 Å². The largest absolute Gasteiger partial charge is 0.368 e. The van der Waals surface area contributed by atoms with E-state index in [0.29, 0.717) is 0 Å². The standard InChI is InChI=1S/C11H24N2O/c1-4-6-7-8-11(3,10(12)14)13-9-5-2/h13H,4-9H2,1-3H3,(H2,12,14). The fourth-order valence-corrected chi connectivity index (χ4v) is 1.43. The first-order valence-corrected chi connectivity index (χ1v) is 5.61. The van der Waals surface area contributed by atoms with Gasteiger partial charge in [0.05, 0.1) is 5.54 Å². The van der Waals surface area contributed by atoms with Gasteiger partial charge in [0.2, 0.25) is 5.91 Å². The van der Waals surface area contributed by atoms with Crippen LogP contribution in [0, 0.1) is 0 Å². The molecule has 0 fully saturated rings. The third kappa shape index (κ3) is 4.61. The number of amides is 1. The summed E-state index contributed by atoms with van der Waals surface area (Å²) in [6.45, 7) is 6.99. The lowest BCUT2D eigenvalue weighted by atomic mass is 9.93. The highest BCUT2D eigenvalue weighted by Gasteiger charge is 2.28. The molecule has 0 saturated carbocycles. The van der Waals surface area contributed by atoms with Crippen molar-refractivity contribution in [3.8, 4) is 0 Å². The van der Waals surface area contributed by atoms with Crippen molar-refractivity contribution >= 4 is 5.91 Å². The molecule has 1 unspecified atom stereocenters. The molecule has 1 amide bonds. The van der Waals surface area contributed by atoms with Crippen molar-refractivity contribution in [3.05, 3.63) is 0 Å². The molecule has 0 saturated heterocycles. The summed E-state index contributed by atoms with van der Waals surface area (Å²) in [7, 11) is 0. The number of primary amides is 1. The number of hydrogen-bond donors (Lipinski definition) is 2. The highest BCUT2D eigenvalue weighted by molar-refractivity contribution is 5.84. The molecule has 0 aromatic rings. The fraction of sp³-hybridized carbons (Fsp3) is 0.909. The molecule has 0 aromatic carbocycles. The maximum Gasteiger partial charge on any atom is 0.237 e. The number of nitrogens with one attached hydrogen (secondary N) is 1. The zero-order valence-corrected chi connectivity index (χ0v) is 9.73. The molecule has 0 rings (SSSR count). The van der Waals surface area contributed by atoms with Crippen molar-refractivity contribution in [3.63, 3.8) is 0 Å². The normalized spacial score (nSPS) is 15.1. The molecule has 0 radical (unpaired) electrons. The van der Waals surface area contributed by atoms with Gasteiger partial charge in [-0.2, -0.15) is 0 Å². The van der Waals surface area contributed by atoms with Crippen LogP contribution >= 0.6 is 0 Å². The third-order valence-corrected chi connectivity index (χ3v) is 2.59. The number of carbonyl (C=O) groups is 1. The Hall–Kier alpha value is -0.570. The Morgan fingerprint density at radius 1 is 1.29 bits per heavy atom. The summed E-state index contributed by atoms with van der Waals surface area (Å²) in [6, 6.07) is 0. The van der Waals surface area contributed by atoms with E-state index < -0.39 is 5.54 Å². The van der Waals surface area contributed by atoms with Crippen LogP contribution in [-0.2, 0) is 4.79 Å². The second kappa shape index (κ2) is 6.82. The summed E-state index contributed by atoms with van der Waals surface area (Å²) >= 11 is 0. The molecule has 0 aromatic heterocycles. The first-order chi connectivity index (χ1) is 6.56. The molecule has 0 spiro atoms. The van der Waals surface area contributed by atoms with Gasteiger partial charge in [0.1, 0.15) is 0 Å². The minimum absolute atomic E-state index is 0.234. The van der Waals surface area contributed by atoms with Gasteiger partial charge >= 0.3 is 0 Å². The Balaban J connectivity index is 4.03. The van der Waals surface area contributed by atoms with Crippen molar-refractivity contribution in [2.75, 3.05) is 6.54 Å². The van der Waals surface area contributed by atoms with Crippen molar-refractivity contribution in [1.82, 2.24) is 5.32 Å². The number of rotatable bonds is 8. The molecule has 0 aliphatic heterocycles. The lowest BCUT2D eigenvalue weighted by molar-refractivity contribution is -0.124. The molecule has 14 heavy (non-hydrogen) atoms. The van der Waals surface area contributed by atoms with E-state index in [-0.39, 0.29) is 5.91 Å². The van der Waals surface area contributed by atoms with Crippen LogP contribution in [0.5, 0.6) is 0 Å². The third-order valence-electron chi connectivity index (χ3n) is 2.59. The van der Waals surface area contributed by atoms with Crippen LogP contribution in [0.15, 0.2) is 0 Å². The molecule has 84 valence electrons. The number of carbonyl (C=O) groups excluding carboxylic acids is 1. The SMILES string of the molecule is CCCCCC(C)(NCCC)C(N)=O. The Morgan fingerprint density at radius 3 is 2.36 bits per heavy atom. The van der Waals surface area contributed by atoms with Crippen LogP contribution in [0.25, 0.3) is 0 Å². The van der Waals surface area contributed by atoms with E-state index in [1.165, 1.54) is 6.42 Å². The van der Waals surface area contributed by atoms with Crippen LogP contribution in [0.4, 0.5) is 0 Å². The van der Waals surface area contributed by atoms with Crippen LogP contribution in [0.2, 0.25) is 0 Å².